The van der Waals surface area contributed by atoms with Gasteiger partial charge in [-0.2, -0.15) is 0 Å². The first-order chi connectivity index (χ1) is 21.8. The second-order valence-electron chi connectivity index (χ2n) is 9.61. The van der Waals surface area contributed by atoms with Gasteiger partial charge in [0.25, 0.3) is 18.2 Å². The van der Waals surface area contributed by atoms with Crippen LogP contribution in [0.25, 0.3) is 11.0 Å². The van der Waals surface area contributed by atoms with Gasteiger partial charge in [0.2, 0.25) is 5.95 Å². The first-order valence-corrected chi connectivity index (χ1v) is 15.5. The number of halogens is 7. The number of nitrogens with one attached hydrogen (secondary N) is 2. The predicted molar refractivity (Wildman–Crippen MR) is 175 cm³/mol. The van der Waals surface area contributed by atoms with E-state index in [1.54, 1.807) is 35.2 Å². The Labute approximate surface area is 283 Å². The molecule has 0 aliphatic rings. The highest BCUT2D eigenvalue weighted by Crippen LogP contribution is 2.37. The summed E-state index contributed by atoms with van der Waals surface area (Å²) in [6.07, 6.45) is -2.84. The molecule has 0 bridgehead atoms. The van der Waals surface area contributed by atoms with Crippen molar-refractivity contribution < 1.29 is 27.5 Å². The van der Waals surface area contributed by atoms with Crippen LogP contribution < -0.4 is 26.2 Å². The molecule has 0 radical (unpaired) electrons. The number of hydrogen-bond donors (Lipinski definition) is 3. The van der Waals surface area contributed by atoms with Gasteiger partial charge in [0.05, 0.1) is 48.1 Å². The second-order valence-corrected chi connectivity index (χ2v) is 12.1. The minimum absolute atomic E-state index is 0.0403. The summed E-state index contributed by atoms with van der Waals surface area (Å²) >= 11 is 26.3. The molecule has 0 fully saturated rings. The molecular formula is C29H21Cl4F3N6O3S. The molecule has 2 amide bonds. The lowest BCUT2D eigenvalue weighted by Gasteiger charge is -2.19. The van der Waals surface area contributed by atoms with Crippen molar-refractivity contribution in [1.82, 2.24) is 14.9 Å². The Morgan fingerprint density at radius 2 is 1.83 bits per heavy atom. The Morgan fingerprint density at radius 3 is 2.50 bits per heavy atom. The van der Waals surface area contributed by atoms with E-state index < -0.39 is 24.8 Å². The fourth-order valence-corrected chi connectivity index (χ4v) is 6.09. The molecule has 0 atom stereocenters. The zero-order valence-corrected chi connectivity index (χ0v) is 27.2. The van der Waals surface area contributed by atoms with Gasteiger partial charge in [-0.3, -0.25) is 9.59 Å². The number of alkyl halides is 2. The standard InChI is InChI=1S/C29H21Cl4F3N6O3S/c1-41-21-10-22(45-12-23(35)36)15(28(44)42(37)14-3-5-19(34)18(32)8-14)9-20(21)39-29(41)40-25-16(30)4-2-13(24(25)33)11-38-27(43)26-17(31)6-7-46-26/h2-10,23H,11-12,37H2,1H3,(H,38,43)(H,39,40). The number of carbonyl (C=O) groups is 2. The van der Waals surface area contributed by atoms with E-state index in [1.165, 1.54) is 29.5 Å². The molecule has 0 aliphatic heterocycles. The Balaban J connectivity index is 1.47. The number of benzene rings is 3. The normalized spacial score (nSPS) is 11.3. The smallest absolute Gasteiger partial charge is 0.276 e. The molecule has 0 saturated carbocycles. The number of amides is 2. The van der Waals surface area contributed by atoms with Crippen molar-refractivity contribution >= 4 is 97.9 Å². The summed E-state index contributed by atoms with van der Waals surface area (Å²) in [6.45, 7) is -0.944. The summed E-state index contributed by atoms with van der Waals surface area (Å²) in [5.74, 6) is 4.08. The lowest BCUT2D eigenvalue weighted by atomic mass is 10.1. The number of ether oxygens (including phenoxy) is 1. The summed E-state index contributed by atoms with van der Waals surface area (Å²) < 4.78 is 46.8. The number of rotatable bonds is 10. The molecule has 9 nitrogen and oxygen atoms in total. The number of hydrogen-bond acceptors (Lipinski definition) is 7. The van der Waals surface area contributed by atoms with E-state index in [0.29, 0.717) is 26.0 Å². The predicted octanol–water partition coefficient (Wildman–Crippen LogP) is 8.23. The summed E-state index contributed by atoms with van der Waals surface area (Å²) in [5, 5.41) is 8.71. The summed E-state index contributed by atoms with van der Waals surface area (Å²) in [6, 6.07) is 10.9. The van der Waals surface area contributed by atoms with Crippen LogP contribution in [0.1, 0.15) is 25.6 Å². The number of fused-ring (bicyclic) bond motifs is 1. The molecule has 0 saturated heterocycles. The first-order valence-electron chi connectivity index (χ1n) is 13.1. The lowest BCUT2D eigenvalue weighted by Crippen LogP contribution is -2.37. The highest BCUT2D eigenvalue weighted by Gasteiger charge is 2.24. The third-order valence-corrected chi connectivity index (χ3v) is 9.02. The van der Waals surface area contributed by atoms with Crippen LogP contribution in [-0.2, 0) is 13.6 Å². The van der Waals surface area contributed by atoms with Crippen molar-refractivity contribution in [2.75, 3.05) is 16.9 Å². The van der Waals surface area contributed by atoms with Crippen molar-refractivity contribution in [3.8, 4) is 5.75 Å². The van der Waals surface area contributed by atoms with Gasteiger partial charge >= 0.3 is 0 Å². The maximum absolute atomic E-state index is 13.7. The number of imidazole rings is 1. The molecule has 5 rings (SSSR count). The van der Waals surface area contributed by atoms with Crippen LogP contribution in [0.2, 0.25) is 20.1 Å². The minimum Gasteiger partial charge on any atom is -0.487 e. The molecule has 4 N–H and O–H groups in total. The van der Waals surface area contributed by atoms with Crippen molar-refractivity contribution in [2.45, 2.75) is 13.0 Å². The van der Waals surface area contributed by atoms with Crippen LogP contribution in [0.5, 0.6) is 5.75 Å². The SMILES string of the molecule is Cn1c(Nc2c(Cl)ccc(CNC(=O)c3sccc3Cl)c2Cl)nc2cc(C(=O)N(N)c3ccc(F)c(Cl)c3)c(OCC(F)F)cc21. The second kappa shape index (κ2) is 14.0. The molecule has 2 aromatic heterocycles. The van der Waals surface area contributed by atoms with Gasteiger partial charge in [0, 0.05) is 19.7 Å². The Hall–Kier alpha value is -3.72. The van der Waals surface area contributed by atoms with Gasteiger partial charge in [-0.25, -0.2) is 29.0 Å². The molecule has 0 spiro atoms. The maximum atomic E-state index is 13.7. The van der Waals surface area contributed by atoms with E-state index in [1.807, 2.05) is 0 Å². The van der Waals surface area contributed by atoms with Gasteiger partial charge in [-0.05, 0) is 47.3 Å². The zero-order valence-electron chi connectivity index (χ0n) is 23.4. The number of carbonyl (C=O) groups excluding carboxylic acids is 2. The number of thiophene rings is 1. The highest BCUT2D eigenvalue weighted by molar-refractivity contribution is 7.12. The number of anilines is 3. The van der Waals surface area contributed by atoms with E-state index in [0.717, 1.165) is 12.1 Å². The van der Waals surface area contributed by atoms with Crippen LogP contribution in [0.3, 0.4) is 0 Å². The number of aromatic nitrogens is 2. The number of hydrazine groups is 1. The van der Waals surface area contributed by atoms with Crippen LogP contribution >= 0.6 is 57.7 Å². The van der Waals surface area contributed by atoms with Crippen molar-refractivity contribution in [3.05, 3.63) is 95.8 Å². The topological polar surface area (TPSA) is 115 Å². The van der Waals surface area contributed by atoms with Crippen molar-refractivity contribution in [2.24, 2.45) is 12.9 Å². The molecule has 0 unspecified atom stereocenters. The maximum Gasteiger partial charge on any atom is 0.276 e. The lowest BCUT2D eigenvalue weighted by molar-refractivity contribution is 0.0800. The molecule has 17 heteroatoms. The Bertz CT molecular complexity index is 1970. The average molecular weight is 732 g/mol. The van der Waals surface area contributed by atoms with Gasteiger partial charge in [0.15, 0.2) is 0 Å². The number of nitrogens with zero attached hydrogens (tertiary/aromatic N) is 3. The quantitative estimate of drug-likeness (QED) is 0.0758. The van der Waals surface area contributed by atoms with E-state index in [9.17, 15) is 22.8 Å². The molecule has 46 heavy (non-hydrogen) atoms. The van der Waals surface area contributed by atoms with Crippen LogP contribution in [0.4, 0.5) is 30.5 Å². The monoisotopic (exact) mass is 730 g/mol. The molecule has 5 aromatic rings. The van der Waals surface area contributed by atoms with Crippen LogP contribution in [0.15, 0.2) is 53.9 Å². The Kier molecular flexibility index (Phi) is 10.2. The summed E-state index contributed by atoms with van der Waals surface area (Å²) in [4.78, 5) is 30.9. The van der Waals surface area contributed by atoms with Crippen molar-refractivity contribution in [1.29, 1.82) is 0 Å². The van der Waals surface area contributed by atoms with Gasteiger partial charge in [-0.1, -0.05) is 52.5 Å². The van der Waals surface area contributed by atoms with Crippen LogP contribution in [0, 0.1) is 5.82 Å². The number of aryl methyl sites for hydroxylation is 1. The molecular weight excluding hydrogens is 711 g/mol. The molecule has 2 heterocycles. The fraction of sp³-hybridized carbons (Fsp3) is 0.138. The van der Waals surface area contributed by atoms with Crippen molar-refractivity contribution in [3.63, 3.8) is 0 Å². The summed E-state index contributed by atoms with van der Waals surface area (Å²) in [5.41, 5.74) is 1.30. The Morgan fingerprint density at radius 1 is 1.07 bits per heavy atom. The van der Waals surface area contributed by atoms with E-state index >= 15 is 0 Å². The molecule has 3 aromatic carbocycles. The number of nitrogens with two attached hydrogens (primary N) is 1. The zero-order chi connectivity index (χ0) is 33.3. The third-order valence-electron chi connectivity index (χ3n) is 6.65. The van der Waals surface area contributed by atoms with E-state index in [4.69, 9.17) is 57.0 Å². The van der Waals surface area contributed by atoms with E-state index in [2.05, 4.69) is 15.6 Å². The van der Waals surface area contributed by atoms with Crippen LogP contribution in [-0.4, -0.2) is 34.4 Å². The minimum atomic E-state index is -2.84. The van der Waals surface area contributed by atoms with Gasteiger partial charge < -0.3 is 19.9 Å². The average Bonchev–Trinajstić information content (AvgIpc) is 3.59. The summed E-state index contributed by atoms with van der Waals surface area (Å²) in [7, 11) is 1.63. The van der Waals surface area contributed by atoms with Gasteiger partial charge in [0.1, 0.15) is 23.1 Å². The van der Waals surface area contributed by atoms with Gasteiger partial charge in [-0.15, -0.1) is 11.3 Å². The largest absolute Gasteiger partial charge is 0.487 e. The fourth-order valence-electron chi connectivity index (χ4n) is 4.32. The molecule has 0 aliphatic carbocycles. The highest BCUT2D eigenvalue weighted by atomic mass is 35.5. The first kappa shape index (κ1) is 33.6. The molecule has 240 valence electrons. The third kappa shape index (κ3) is 6.99. The van der Waals surface area contributed by atoms with E-state index in [-0.39, 0.29) is 61.7 Å².